The minimum Gasteiger partial charge on any atom is -0.496 e. The Morgan fingerprint density at radius 1 is 1.05 bits per heavy atom. The number of methoxy groups -OCH3 is 1. The van der Waals surface area contributed by atoms with Crippen molar-refractivity contribution >= 4 is 0 Å². The van der Waals surface area contributed by atoms with Gasteiger partial charge in [0.2, 0.25) is 0 Å². The van der Waals surface area contributed by atoms with Gasteiger partial charge in [0, 0.05) is 11.6 Å². The molecule has 0 amide bonds. The lowest BCUT2D eigenvalue weighted by atomic mass is 9.94. The highest BCUT2D eigenvalue weighted by molar-refractivity contribution is 5.71. The topological polar surface area (TPSA) is 21.3 Å². The van der Waals surface area contributed by atoms with Crippen LogP contribution in [0.2, 0.25) is 0 Å². The zero-order valence-electron chi connectivity index (χ0n) is 11.9. The van der Waals surface area contributed by atoms with E-state index in [1.54, 1.807) is 7.11 Å². The van der Waals surface area contributed by atoms with Crippen molar-refractivity contribution < 1.29 is 4.74 Å². The molecule has 2 aromatic carbocycles. The lowest BCUT2D eigenvalue weighted by Gasteiger charge is -2.24. The Labute approximate surface area is 120 Å². The standard InChI is InChI=1S/C18H21NO/c1-20-18-11-10-15(17-9-5-6-12-19-17)13-16(18)14-7-3-2-4-8-14/h2-4,7-8,10-11,13,17,19H,5-6,9,12H2,1H3. The van der Waals surface area contributed by atoms with Gasteiger partial charge >= 0.3 is 0 Å². The number of piperidine rings is 1. The predicted octanol–water partition coefficient (Wildman–Crippen LogP) is 4.18. The van der Waals surface area contributed by atoms with Crippen LogP contribution in [-0.2, 0) is 0 Å². The molecular weight excluding hydrogens is 246 g/mol. The molecule has 0 aromatic heterocycles. The Hall–Kier alpha value is -1.80. The normalized spacial score (nSPS) is 18.8. The smallest absolute Gasteiger partial charge is 0.126 e. The molecule has 0 radical (unpaired) electrons. The molecule has 104 valence electrons. The molecule has 2 nitrogen and oxygen atoms in total. The minimum atomic E-state index is 0.483. The third-order valence-corrected chi connectivity index (χ3v) is 4.02. The number of ether oxygens (including phenoxy) is 1. The van der Waals surface area contributed by atoms with Gasteiger partial charge in [-0.25, -0.2) is 0 Å². The second kappa shape index (κ2) is 6.10. The molecule has 3 rings (SSSR count). The van der Waals surface area contributed by atoms with Gasteiger partial charge in [0.1, 0.15) is 5.75 Å². The van der Waals surface area contributed by atoms with Crippen molar-refractivity contribution in [1.82, 2.24) is 5.32 Å². The van der Waals surface area contributed by atoms with E-state index < -0.39 is 0 Å². The summed E-state index contributed by atoms with van der Waals surface area (Å²) >= 11 is 0. The van der Waals surface area contributed by atoms with E-state index in [0.29, 0.717) is 6.04 Å². The third kappa shape index (κ3) is 2.70. The van der Waals surface area contributed by atoms with E-state index in [1.165, 1.54) is 36.0 Å². The largest absolute Gasteiger partial charge is 0.496 e. The van der Waals surface area contributed by atoms with Crippen LogP contribution in [0.1, 0.15) is 30.9 Å². The van der Waals surface area contributed by atoms with Crippen LogP contribution in [-0.4, -0.2) is 13.7 Å². The molecule has 20 heavy (non-hydrogen) atoms. The molecule has 1 saturated heterocycles. The average Bonchev–Trinajstić information content (AvgIpc) is 2.56. The molecule has 1 aliphatic heterocycles. The summed E-state index contributed by atoms with van der Waals surface area (Å²) in [5.74, 6) is 0.941. The van der Waals surface area contributed by atoms with Crippen molar-refractivity contribution in [3.05, 3.63) is 54.1 Å². The van der Waals surface area contributed by atoms with Crippen molar-refractivity contribution in [1.29, 1.82) is 0 Å². The number of hydrogen-bond donors (Lipinski definition) is 1. The molecule has 1 fully saturated rings. The Balaban J connectivity index is 1.98. The van der Waals surface area contributed by atoms with Crippen LogP contribution in [0.15, 0.2) is 48.5 Å². The Morgan fingerprint density at radius 3 is 2.60 bits per heavy atom. The van der Waals surface area contributed by atoms with Crippen LogP contribution in [0.25, 0.3) is 11.1 Å². The van der Waals surface area contributed by atoms with Crippen LogP contribution in [0.3, 0.4) is 0 Å². The second-order valence-corrected chi connectivity index (χ2v) is 5.33. The Morgan fingerprint density at radius 2 is 1.90 bits per heavy atom. The Bertz CT molecular complexity index is 559. The van der Waals surface area contributed by atoms with Crippen LogP contribution in [0.4, 0.5) is 0 Å². The lowest BCUT2D eigenvalue weighted by Crippen LogP contribution is -2.26. The maximum absolute atomic E-state index is 5.52. The van der Waals surface area contributed by atoms with Crippen LogP contribution < -0.4 is 10.1 Å². The zero-order chi connectivity index (χ0) is 13.8. The van der Waals surface area contributed by atoms with Gasteiger partial charge in [-0.15, -0.1) is 0 Å². The van der Waals surface area contributed by atoms with Gasteiger partial charge in [0.15, 0.2) is 0 Å². The van der Waals surface area contributed by atoms with E-state index in [1.807, 2.05) is 6.07 Å². The second-order valence-electron chi connectivity index (χ2n) is 5.33. The summed E-state index contributed by atoms with van der Waals surface area (Å²) in [5, 5.41) is 3.61. The van der Waals surface area contributed by atoms with Gasteiger partial charge in [0.25, 0.3) is 0 Å². The van der Waals surface area contributed by atoms with Gasteiger partial charge in [-0.05, 0) is 42.6 Å². The maximum Gasteiger partial charge on any atom is 0.126 e. The van der Waals surface area contributed by atoms with Crippen molar-refractivity contribution in [3.63, 3.8) is 0 Å². The van der Waals surface area contributed by atoms with Gasteiger partial charge in [-0.1, -0.05) is 42.8 Å². The molecule has 1 N–H and O–H groups in total. The highest BCUT2D eigenvalue weighted by atomic mass is 16.5. The van der Waals surface area contributed by atoms with E-state index in [4.69, 9.17) is 4.74 Å². The van der Waals surface area contributed by atoms with Crippen molar-refractivity contribution in [2.75, 3.05) is 13.7 Å². The molecule has 0 aliphatic carbocycles. The fourth-order valence-corrected chi connectivity index (χ4v) is 2.92. The van der Waals surface area contributed by atoms with Crippen molar-refractivity contribution in [2.45, 2.75) is 25.3 Å². The first-order chi connectivity index (χ1) is 9.88. The summed E-state index contributed by atoms with van der Waals surface area (Å²) in [6.45, 7) is 1.12. The monoisotopic (exact) mass is 267 g/mol. The van der Waals surface area contributed by atoms with Gasteiger partial charge in [-0.2, -0.15) is 0 Å². The van der Waals surface area contributed by atoms with E-state index in [-0.39, 0.29) is 0 Å². The fourth-order valence-electron chi connectivity index (χ4n) is 2.92. The zero-order valence-corrected chi connectivity index (χ0v) is 11.9. The van der Waals surface area contributed by atoms with Gasteiger partial charge < -0.3 is 10.1 Å². The summed E-state index contributed by atoms with van der Waals surface area (Å²) in [5.41, 5.74) is 3.75. The summed E-state index contributed by atoms with van der Waals surface area (Å²) < 4.78 is 5.52. The van der Waals surface area contributed by atoms with Crippen LogP contribution >= 0.6 is 0 Å². The summed E-state index contributed by atoms with van der Waals surface area (Å²) in [7, 11) is 1.74. The number of benzene rings is 2. The quantitative estimate of drug-likeness (QED) is 0.901. The summed E-state index contributed by atoms with van der Waals surface area (Å²) in [4.78, 5) is 0. The molecule has 1 heterocycles. The van der Waals surface area contributed by atoms with Crippen molar-refractivity contribution in [3.8, 4) is 16.9 Å². The Kier molecular flexibility index (Phi) is 4.03. The first kappa shape index (κ1) is 13.2. The first-order valence-electron chi connectivity index (χ1n) is 7.35. The molecule has 2 heteroatoms. The SMILES string of the molecule is COc1ccc(C2CCCCN2)cc1-c1ccccc1. The molecular formula is C18H21NO. The van der Waals surface area contributed by atoms with E-state index >= 15 is 0 Å². The molecule has 1 aliphatic rings. The fraction of sp³-hybridized carbons (Fsp3) is 0.333. The number of rotatable bonds is 3. The van der Waals surface area contributed by atoms with Crippen LogP contribution in [0, 0.1) is 0 Å². The highest BCUT2D eigenvalue weighted by Crippen LogP contribution is 2.34. The summed E-state index contributed by atoms with van der Waals surface area (Å²) in [6.07, 6.45) is 3.82. The van der Waals surface area contributed by atoms with E-state index in [0.717, 1.165) is 12.3 Å². The molecule has 1 unspecified atom stereocenters. The lowest BCUT2D eigenvalue weighted by molar-refractivity contribution is 0.407. The van der Waals surface area contributed by atoms with E-state index in [9.17, 15) is 0 Å². The molecule has 0 spiro atoms. The number of nitrogens with one attached hydrogen (secondary N) is 1. The maximum atomic E-state index is 5.52. The molecule has 1 atom stereocenters. The molecule has 0 bridgehead atoms. The predicted molar refractivity (Wildman–Crippen MR) is 83.0 cm³/mol. The van der Waals surface area contributed by atoms with E-state index in [2.05, 4.69) is 47.8 Å². The van der Waals surface area contributed by atoms with Gasteiger partial charge in [-0.3, -0.25) is 0 Å². The minimum absolute atomic E-state index is 0.483. The van der Waals surface area contributed by atoms with Gasteiger partial charge in [0.05, 0.1) is 7.11 Å². The average molecular weight is 267 g/mol. The summed E-state index contributed by atoms with van der Waals surface area (Å²) in [6, 6.07) is 17.5. The molecule has 0 saturated carbocycles. The number of hydrogen-bond acceptors (Lipinski definition) is 2. The third-order valence-electron chi connectivity index (χ3n) is 4.02. The molecule has 2 aromatic rings. The van der Waals surface area contributed by atoms with Crippen molar-refractivity contribution in [2.24, 2.45) is 0 Å². The first-order valence-corrected chi connectivity index (χ1v) is 7.35. The highest BCUT2D eigenvalue weighted by Gasteiger charge is 2.16. The van der Waals surface area contributed by atoms with Crippen LogP contribution in [0.5, 0.6) is 5.75 Å².